The van der Waals surface area contributed by atoms with Crippen LogP contribution in [-0.4, -0.2) is 0 Å². The topological polar surface area (TPSA) is 52.6 Å². The summed E-state index contributed by atoms with van der Waals surface area (Å²) in [5.41, 5.74) is 11.7. The van der Waals surface area contributed by atoms with Crippen LogP contribution in [0, 0.1) is 0 Å². The lowest BCUT2D eigenvalue weighted by Crippen LogP contribution is -1.90. The van der Waals surface area contributed by atoms with Crippen molar-refractivity contribution in [1.29, 1.82) is 0 Å². The molecule has 0 atom stereocenters. The van der Waals surface area contributed by atoms with Gasteiger partial charge >= 0.3 is 0 Å². The minimum absolute atomic E-state index is 0.837. The van der Waals surface area contributed by atoms with Crippen molar-refractivity contribution in [2.24, 2.45) is 0 Å². The zero-order valence-electron chi connectivity index (χ0n) is 29.8. The minimum Gasteiger partial charge on any atom is -0.456 e. The first kappa shape index (κ1) is 29.8. The summed E-state index contributed by atoms with van der Waals surface area (Å²) in [6.45, 7) is 0. The number of fused-ring (bicyclic) bond motifs is 13. The van der Waals surface area contributed by atoms with Gasteiger partial charge in [0.1, 0.15) is 44.8 Å². The van der Waals surface area contributed by atoms with E-state index in [1.165, 1.54) is 16.3 Å². The predicted octanol–water partition coefficient (Wildman–Crippen LogP) is 15.4. The molecule has 0 saturated carbocycles. The zero-order chi connectivity index (χ0) is 36.5. The molecular weight excluding hydrogens is 689 g/mol. The van der Waals surface area contributed by atoms with Crippen molar-refractivity contribution >= 4 is 98.3 Å². The van der Waals surface area contributed by atoms with Crippen LogP contribution in [0.25, 0.3) is 132 Å². The third kappa shape index (κ3) is 4.13. The van der Waals surface area contributed by atoms with Crippen molar-refractivity contribution in [3.05, 3.63) is 170 Å². The van der Waals surface area contributed by atoms with Gasteiger partial charge in [-0.1, -0.05) is 115 Å². The fraction of sp³-hybridized carbons (Fsp3) is 0. The molecule has 56 heavy (non-hydrogen) atoms. The molecule has 0 aliphatic rings. The fourth-order valence-corrected chi connectivity index (χ4v) is 9.14. The first-order valence-corrected chi connectivity index (χ1v) is 18.9. The first-order valence-electron chi connectivity index (χ1n) is 18.9. The molecule has 0 radical (unpaired) electrons. The Bertz CT molecular complexity index is 3700. The summed E-state index contributed by atoms with van der Waals surface area (Å²) in [4.78, 5) is 0. The van der Waals surface area contributed by atoms with Gasteiger partial charge in [-0.3, -0.25) is 0 Å². The average Bonchev–Trinajstić information content (AvgIpc) is 4.02. The molecule has 4 heteroatoms. The maximum atomic E-state index is 6.74. The molecule has 260 valence electrons. The second kappa shape index (κ2) is 11.0. The number of furan rings is 4. The molecule has 0 N–H and O–H groups in total. The SMILES string of the molecule is c1ccc2c(c1)oc1cc3cc(-c4c5ccccc5c(-c5ccc(-c6ccc7c(c6)oc6c7ccc7oc8ccccc8c76)cc5)c5ccccc45)oc3cc12. The normalized spacial score (nSPS) is 12.3. The summed E-state index contributed by atoms with van der Waals surface area (Å²) in [6, 6.07) is 59.6. The Kier molecular flexibility index (Phi) is 5.86. The van der Waals surface area contributed by atoms with Crippen LogP contribution < -0.4 is 0 Å². The highest BCUT2D eigenvalue weighted by atomic mass is 16.3. The molecule has 0 unspecified atom stereocenters. The molecule has 0 aliphatic carbocycles. The van der Waals surface area contributed by atoms with Crippen molar-refractivity contribution in [1.82, 2.24) is 0 Å². The van der Waals surface area contributed by atoms with Gasteiger partial charge in [0.25, 0.3) is 0 Å². The van der Waals surface area contributed by atoms with Crippen LogP contribution in [0.4, 0.5) is 0 Å². The molecule has 0 saturated heterocycles. The summed E-state index contributed by atoms with van der Waals surface area (Å²) in [5, 5.41) is 12.1. The van der Waals surface area contributed by atoms with E-state index in [9.17, 15) is 0 Å². The molecule has 4 nitrogen and oxygen atoms in total. The van der Waals surface area contributed by atoms with Crippen molar-refractivity contribution in [3.8, 4) is 33.6 Å². The smallest absolute Gasteiger partial charge is 0.147 e. The van der Waals surface area contributed by atoms with E-state index in [-0.39, 0.29) is 0 Å². The van der Waals surface area contributed by atoms with Gasteiger partial charge in [0.15, 0.2) is 0 Å². The molecule has 0 aliphatic heterocycles. The van der Waals surface area contributed by atoms with Crippen LogP contribution >= 0.6 is 0 Å². The summed E-state index contributed by atoms with van der Waals surface area (Å²) in [6.07, 6.45) is 0. The Morgan fingerprint density at radius 3 is 1.57 bits per heavy atom. The summed E-state index contributed by atoms with van der Waals surface area (Å²) >= 11 is 0. The van der Waals surface area contributed by atoms with Crippen LogP contribution in [0.1, 0.15) is 0 Å². The lowest BCUT2D eigenvalue weighted by atomic mass is 9.87. The molecule has 13 aromatic rings. The molecule has 0 fully saturated rings. The van der Waals surface area contributed by atoms with Gasteiger partial charge in [-0.05, 0) is 98.4 Å². The lowest BCUT2D eigenvalue weighted by molar-refractivity contribution is 0.633. The van der Waals surface area contributed by atoms with Crippen LogP contribution in [0.15, 0.2) is 188 Å². The molecular formula is C52H28O4. The van der Waals surface area contributed by atoms with E-state index >= 15 is 0 Å². The second-order valence-electron chi connectivity index (χ2n) is 14.7. The van der Waals surface area contributed by atoms with E-state index in [1.54, 1.807) is 0 Å². The third-order valence-electron chi connectivity index (χ3n) is 11.7. The molecule has 4 aromatic heterocycles. The van der Waals surface area contributed by atoms with Crippen molar-refractivity contribution in [2.75, 3.05) is 0 Å². The second-order valence-corrected chi connectivity index (χ2v) is 14.7. The molecule has 4 heterocycles. The number of benzene rings is 9. The highest BCUT2D eigenvalue weighted by Crippen LogP contribution is 2.46. The van der Waals surface area contributed by atoms with Crippen molar-refractivity contribution in [3.63, 3.8) is 0 Å². The van der Waals surface area contributed by atoms with Gasteiger partial charge in [0.05, 0.1) is 5.39 Å². The van der Waals surface area contributed by atoms with Gasteiger partial charge in [-0.2, -0.15) is 0 Å². The molecule has 0 spiro atoms. The van der Waals surface area contributed by atoms with Gasteiger partial charge < -0.3 is 17.7 Å². The molecule has 9 aromatic carbocycles. The van der Waals surface area contributed by atoms with Crippen LogP contribution in [0.2, 0.25) is 0 Å². The quantitative estimate of drug-likeness (QED) is 0.171. The standard InChI is InChI=1S/C52H28O4/c1-3-12-37-35(10-1)49(36-11-2-4-13-38(36)50(37)48-27-32-26-47-41(28-45(32)55-48)33-9-5-7-15-42(33)54-47)30-19-17-29(18-20-30)31-21-22-34-39-23-24-44-51(52(39)56-46(34)25-31)40-14-6-8-16-43(40)53-44/h1-28H. The van der Waals surface area contributed by atoms with Crippen molar-refractivity contribution < 1.29 is 17.7 Å². The van der Waals surface area contributed by atoms with Crippen LogP contribution in [0.3, 0.4) is 0 Å². The van der Waals surface area contributed by atoms with Gasteiger partial charge in [0, 0.05) is 37.9 Å². The van der Waals surface area contributed by atoms with E-state index in [4.69, 9.17) is 17.7 Å². The minimum atomic E-state index is 0.837. The Balaban J connectivity index is 0.940. The number of hydrogen-bond donors (Lipinski definition) is 0. The third-order valence-corrected chi connectivity index (χ3v) is 11.7. The summed E-state index contributed by atoms with van der Waals surface area (Å²) in [7, 11) is 0. The molecule has 0 bridgehead atoms. The highest BCUT2D eigenvalue weighted by molar-refractivity contribution is 6.23. The van der Waals surface area contributed by atoms with E-state index in [1.807, 2.05) is 36.4 Å². The van der Waals surface area contributed by atoms with E-state index < -0.39 is 0 Å². The number of rotatable bonds is 3. The Labute approximate surface area is 318 Å². The Hall–Kier alpha value is -7.56. The molecule has 0 amide bonds. The van der Waals surface area contributed by atoms with E-state index in [2.05, 4.69) is 133 Å². The largest absolute Gasteiger partial charge is 0.456 e. The monoisotopic (exact) mass is 716 g/mol. The van der Waals surface area contributed by atoms with Crippen LogP contribution in [0.5, 0.6) is 0 Å². The average molecular weight is 717 g/mol. The highest BCUT2D eigenvalue weighted by Gasteiger charge is 2.21. The van der Waals surface area contributed by atoms with E-state index in [0.29, 0.717) is 0 Å². The zero-order valence-corrected chi connectivity index (χ0v) is 29.8. The lowest BCUT2D eigenvalue weighted by Gasteiger charge is -2.16. The summed E-state index contributed by atoms with van der Waals surface area (Å²) in [5.74, 6) is 0.842. The van der Waals surface area contributed by atoms with Crippen LogP contribution in [-0.2, 0) is 0 Å². The van der Waals surface area contributed by atoms with Gasteiger partial charge in [0.2, 0.25) is 0 Å². The Morgan fingerprint density at radius 1 is 0.268 bits per heavy atom. The van der Waals surface area contributed by atoms with E-state index in [0.717, 1.165) is 116 Å². The predicted molar refractivity (Wildman–Crippen MR) is 229 cm³/mol. The maximum Gasteiger partial charge on any atom is 0.147 e. The van der Waals surface area contributed by atoms with Crippen molar-refractivity contribution in [2.45, 2.75) is 0 Å². The number of hydrogen-bond acceptors (Lipinski definition) is 4. The first-order chi connectivity index (χ1) is 27.7. The van der Waals surface area contributed by atoms with Gasteiger partial charge in [-0.15, -0.1) is 0 Å². The fourth-order valence-electron chi connectivity index (χ4n) is 9.14. The summed E-state index contributed by atoms with van der Waals surface area (Å²) < 4.78 is 25.7. The Morgan fingerprint density at radius 2 is 0.821 bits per heavy atom. The maximum absolute atomic E-state index is 6.74. The van der Waals surface area contributed by atoms with Gasteiger partial charge in [-0.25, -0.2) is 0 Å². The number of para-hydroxylation sites is 2. The molecule has 13 rings (SSSR count).